The van der Waals surface area contributed by atoms with Crippen LogP contribution in [0.2, 0.25) is 0 Å². The molecule has 0 aliphatic carbocycles. The zero-order valence-electron chi connectivity index (χ0n) is 21.7. The van der Waals surface area contributed by atoms with E-state index in [0.29, 0.717) is 0 Å². The van der Waals surface area contributed by atoms with Crippen molar-refractivity contribution in [3.63, 3.8) is 0 Å². The zero-order valence-corrected chi connectivity index (χ0v) is 22.5. The van der Waals surface area contributed by atoms with E-state index in [1.165, 1.54) is 48.1 Å². The molecule has 8 aromatic rings. The van der Waals surface area contributed by atoms with Crippen molar-refractivity contribution >= 4 is 70.2 Å². The maximum Gasteiger partial charge on any atom is 0.124 e. The molecule has 8 rings (SSSR count). The van der Waals surface area contributed by atoms with Crippen molar-refractivity contribution in [2.75, 3.05) is 4.90 Å². The van der Waals surface area contributed by atoms with Crippen LogP contribution in [0.3, 0.4) is 0 Å². The van der Waals surface area contributed by atoms with Crippen LogP contribution in [0.15, 0.2) is 146 Å². The molecule has 0 spiro atoms. The topological polar surface area (TPSA) is 16.1 Å². The molecule has 0 aliphatic heterocycles. The van der Waals surface area contributed by atoms with Crippen LogP contribution in [0.1, 0.15) is 0 Å². The summed E-state index contributed by atoms with van der Waals surface area (Å²) in [7, 11) is 0. The maximum atomic E-state index is 4.61. The Hall–Kier alpha value is -4.99. The standard InChI is InChI=1S/C37H24N2S/c1-2-7-25(8-3-1)26-14-16-29(17-15-26)39(31-19-21-36-35(24-31)34-11-6-22-38-37(34)40-36)30-18-20-33-28(23-30)13-12-27-9-4-5-10-32(27)33/h1-24H. The highest BCUT2D eigenvalue weighted by Crippen LogP contribution is 2.41. The third-order valence-corrected chi connectivity index (χ3v) is 8.80. The highest BCUT2D eigenvalue weighted by atomic mass is 32.1. The van der Waals surface area contributed by atoms with Gasteiger partial charge in [0.25, 0.3) is 0 Å². The molecule has 2 nitrogen and oxygen atoms in total. The summed E-state index contributed by atoms with van der Waals surface area (Å²) >= 11 is 1.75. The number of aromatic nitrogens is 1. The van der Waals surface area contributed by atoms with Gasteiger partial charge >= 0.3 is 0 Å². The Morgan fingerprint density at radius 2 is 1.12 bits per heavy atom. The lowest BCUT2D eigenvalue weighted by Crippen LogP contribution is -2.09. The van der Waals surface area contributed by atoms with Crippen molar-refractivity contribution in [3.05, 3.63) is 146 Å². The third-order valence-electron chi connectivity index (χ3n) is 7.71. The van der Waals surface area contributed by atoms with Crippen LogP contribution in [-0.2, 0) is 0 Å². The second-order valence-electron chi connectivity index (χ2n) is 10.1. The highest BCUT2D eigenvalue weighted by Gasteiger charge is 2.16. The fraction of sp³-hybridized carbons (Fsp3) is 0. The summed E-state index contributed by atoms with van der Waals surface area (Å²) in [5.74, 6) is 0. The van der Waals surface area contributed by atoms with Gasteiger partial charge in [0.15, 0.2) is 0 Å². The molecule has 0 unspecified atom stereocenters. The maximum absolute atomic E-state index is 4.61. The number of benzene rings is 6. The predicted octanol–water partition coefficient (Wildman–Crippen LogP) is 10.9. The van der Waals surface area contributed by atoms with Gasteiger partial charge in [-0.15, -0.1) is 11.3 Å². The normalized spacial score (nSPS) is 11.5. The minimum atomic E-state index is 1.07. The molecule has 0 saturated heterocycles. The monoisotopic (exact) mass is 528 g/mol. The van der Waals surface area contributed by atoms with Crippen molar-refractivity contribution in [2.45, 2.75) is 0 Å². The van der Waals surface area contributed by atoms with Gasteiger partial charge in [-0.1, -0.05) is 84.9 Å². The number of hydrogen-bond acceptors (Lipinski definition) is 3. The summed E-state index contributed by atoms with van der Waals surface area (Å²) in [5.41, 5.74) is 5.81. The molecule has 0 fully saturated rings. The third kappa shape index (κ3) is 3.83. The Morgan fingerprint density at radius 1 is 0.450 bits per heavy atom. The number of thiophene rings is 1. The minimum absolute atomic E-state index is 1.07. The number of hydrogen-bond donors (Lipinski definition) is 0. The summed E-state index contributed by atoms with van der Waals surface area (Å²) in [6.07, 6.45) is 1.87. The van der Waals surface area contributed by atoms with Gasteiger partial charge in [0, 0.05) is 38.7 Å². The van der Waals surface area contributed by atoms with E-state index < -0.39 is 0 Å². The molecule has 0 saturated carbocycles. The van der Waals surface area contributed by atoms with E-state index in [0.717, 1.165) is 21.9 Å². The lowest BCUT2D eigenvalue weighted by molar-refractivity contribution is 1.30. The molecule has 2 aromatic heterocycles. The summed E-state index contributed by atoms with van der Waals surface area (Å²) in [5, 5.41) is 7.49. The number of anilines is 3. The molecule has 0 atom stereocenters. The first kappa shape index (κ1) is 22.9. The fourth-order valence-corrected chi connectivity index (χ4v) is 6.78. The lowest BCUT2D eigenvalue weighted by Gasteiger charge is -2.26. The van der Waals surface area contributed by atoms with E-state index in [1.54, 1.807) is 11.3 Å². The summed E-state index contributed by atoms with van der Waals surface area (Å²) < 4.78 is 1.25. The van der Waals surface area contributed by atoms with Crippen molar-refractivity contribution in [1.29, 1.82) is 0 Å². The second kappa shape index (κ2) is 9.33. The van der Waals surface area contributed by atoms with Crippen molar-refractivity contribution < 1.29 is 0 Å². The van der Waals surface area contributed by atoms with Crippen LogP contribution >= 0.6 is 11.3 Å². The first-order valence-corrected chi connectivity index (χ1v) is 14.3. The van der Waals surface area contributed by atoms with E-state index in [4.69, 9.17) is 0 Å². The molecule has 188 valence electrons. The van der Waals surface area contributed by atoms with Gasteiger partial charge in [0.05, 0.1) is 0 Å². The average Bonchev–Trinajstić information content (AvgIpc) is 3.40. The van der Waals surface area contributed by atoms with Crippen LogP contribution in [-0.4, -0.2) is 4.98 Å². The molecule has 0 bridgehead atoms. The Kier molecular flexibility index (Phi) is 5.35. The van der Waals surface area contributed by atoms with E-state index in [9.17, 15) is 0 Å². The quantitative estimate of drug-likeness (QED) is 0.211. The Balaban J connectivity index is 1.32. The van der Waals surface area contributed by atoms with Crippen molar-refractivity contribution in [2.24, 2.45) is 0 Å². The van der Waals surface area contributed by atoms with Gasteiger partial charge in [-0.2, -0.15) is 0 Å². The molecule has 0 amide bonds. The summed E-state index contributed by atoms with van der Waals surface area (Å²) in [6, 6.07) is 50.3. The number of nitrogens with zero attached hydrogens (tertiary/aromatic N) is 2. The largest absolute Gasteiger partial charge is 0.310 e. The van der Waals surface area contributed by atoms with Crippen molar-refractivity contribution in [3.8, 4) is 11.1 Å². The van der Waals surface area contributed by atoms with Gasteiger partial charge in [-0.05, 0) is 87.3 Å². The first-order chi connectivity index (χ1) is 19.8. The molecule has 6 aromatic carbocycles. The second-order valence-corrected chi connectivity index (χ2v) is 11.1. The van der Waals surface area contributed by atoms with Gasteiger partial charge in [0.1, 0.15) is 4.83 Å². The van der Waals surface area contributed by atoms with Crippen LogP contribution < -0.4 is 4.90 Å². The van der Waals surface area contributed by atoms with Crippen molar-refractivity contribution in [1.82, 2.24) is 4.98 Å². The van der Waals surface area contributed by atoms with Gasteiger partial charge < -0.3 is 4.90 Å². The number of fused-ring (bicyclic) bond motifs is 6. The Bertz CT molecular complexity index is 2160. The van der Waals surface area contributed by atoms with Gasteiger partial charge in [-0.25, -0.2) is 4.98 Å². The van der Waals surface area contributed by atoms with Crippen LogP contribution in [0, 0.1) is 0 Å². The zero-order chi connectivity index (χ0) is 26.5. The summed E-state index contributed by atoms with van der Waals surface area (Å²) in [4.78, 5) is 8.05. The smallest absolute Gasteiger partial charge is 0.124 e. The molecule has 2 heterocycles. The van der Waals surface area contributed by atoms with E-state index in [1.807, 2.05) is 12.3 Å². The summed E-state index contributed by atoms with van der Waals surface area (Å²) in [6.45, 7) is 0. The Morgan fingerprint density at radius 3 is 2.02 bits per heavy atom. The molecule has 0 radical (unpaired) electrons. The van der Waals surface area contributed by atoms with Crippen LogP contribution in [0.4, 0.5) is 17.1 Å². The molecule has 40 heavy (non-hydrogen) atoms. The molecular formula is C37H24N2S. The number of pyridine rings is 1. The average molecular weight is 529 g/mol. The molecule has 0 N–H and O–H groups in total. The van der Waals surface area contributed by atoms with E-state index in [2.05, 4.69) is 143 Å². The fourth-order valence-electron chi connectivity index (χ4n) is 5.76. The van der Waals surface area contributed by atoms with Crippen LogP contribution in [0.25, 0.3) is 53.0 Å². The predicted molar refractivity (Wildman–Crippen MR) is 172 cm³/mol. The minimum Gasteiger partial charge on any atom is -0.310 e. The highest BCUT2D eigenvalue weighted by molar-refractivity contribution is 7.25. The van der Waals surface area contributed by atoms with E-state index >= 15 is 0 Å². The molecule has 3 heteroatoms. The van der Waals surface area contributed by atoms with Gasteiger partial charge in [-0.3, -0.25) is 0 Å². The molecule has 0 aliphatic rings. The van der Waals surface area contributed by atoms with Gasteiger partial charge in [0.2, 0.25) is 0 Å². The first-order valence-electron chi connectivity index (χ1n) is 13.5. The SMILES string of the molecule is c1ccc(-c2ccc(N(c3ccc4c(ccc5ccccc54)c3)c3ccc4sc5ncccc5c4c3)cc2)cc1. The number of rotatable bonds is 4. The lowest BCUT2D eigenvalue weighted by atomic mass is 10.0. The molecular weight excluding hydrogens is 504 g/mol. The van der Waals surface area contributed by atoms with E-state index in [-0.39, 0.29) is 0 Å². The van der Waals surface area contributed by atoms with Crippen LogP contribution in [0.5, 0.6) is 0 Å². The Labute approximate surface area is 236 Å².